The molecule has 1 aromatic carbocycles. The standard InChI is InChI=1S/C23H32N4O/c1-27-21-13-12-19(25-18-10-6-3-7-11-18)16-20(21)22(26-27)23(28)24-15-14-17-8-4-2-5-9-17/h2,4-5,8-9,18-19,25H,3,6-7,10-16H2,1H3,(H,24,28). The number of fused-ring (bicyclic) bond motifs is 1. The molecule has 0 radical (unpaired) electrons. The molecule has 1 aromatic heterocycles. The second-order valence-corrected chi connectivity index (χ2v) is 8.33. The number of carbonyl (C=O) groups excluding carboxylic acids is 1. The Morgan fingerprint density at radius 2 is 1.89 bits per heavy atom. The highest BCUT2D eigenvalue weighted by Gasteiger charge is 2.29. The fourth-order valence-electron chi connectivity index (χ4n) is 4.77. The maximum Gasteiger partial charge on any atom is 0.272 e. The summed E-state index contributed by atoms with van der Waals surface area (Å²) < 4.78 is 1.91. The van der Waals surface area contributed by atoms with Crippen molar-refractivity contribution in [3.05, 3.63) is 52.8 Å². The summed E-state index contributed by atoms with van der Waals surface area (Å²) in [5, 5.41) is 11.5. The van der Waals surface area contributed by atoms with Gasteiger partial charge in [-0.05, 0) is 44.1 Å². The molecule has 0 spiro atoms. The van der Waals surface area contributed by atoms with Crippen LogP contribution >= 0.6 is 0 Å². The quantitative estimate of drug-likeness (QED) is 0.809. The van der Waals surface area contributed by atoms with Crippen LogP contribution in [0.5, 0.6) is 0 Å². The summed E-state index contributed by atoms with van der Waals surface area (Å²) in [5.41, 5.74) is 4.25. The van der Waals surface area contributed by atoms with Crippen molar-refractivity contribution in [3.63, 3.8) is 0 Å². The lowest BCUT2D eigenvalue weighted by molar-refractivity contribution is 0.0947. The van der Waals surface area contributed by atoms with Crippen LogP contribution in [-0.4, -0.2) is 34.3 Å². The molecule has 1 heterocycles. The van der Waals surface area contributed by atoms with Gasteiger partial charge in [-0.25, -0.2) is 0 Å². The molecule has 5 nitrogen and oxygen atoms in total. The second-order valence-electron chi connectivity index (χ2n) is 8.33. The lowest BCUT2D eigenvalue weighted by Gasteiger charge is -2.31. The number of nitrogens with one attached hydrogen (secondary N) is 2. The molecule has 1 amide bonds. The van der Waals surface area contributed by atoms with Crippen LogP contribution in [0.3, 0.4) is 0 Å². The summed E-state index contributed by atoms with van der Waals surface area (Å²) in [5.74, 6) is -0.0360. The van der Waals surface area contributed by atoms with Crippen LogP contribution in [0.25, 0.3) is 0 Å². The molecule has 1 atom stereocenters. The van der Waals surface area contributed by atoms with Gasteiger partial charge in [0.05, 0.1) is 0 Å². The fourth-order valence-corrected chi connectivity index (χ4v) is 4.77. The predicted molar refractivity (Wildman–Crippen MR) is 112 cm³/mol. The van der Waals surface area contributed by atoms with Crippen LogP contribution in [-0.2, 0) is 26.3 Å². The highest BCUT2D eigenvalue weighted by Crippen LogP contribution is 2.26. The maximum absolute atomic E-state index is 12.8. The van der Waals surface area contributed by atoms with E-state index in [4.69, 9.17) is 0 Å². The minimum atomic E-state index is -0.0360. The van der Waals surface area contributed by atoms with E-state index in [2.05, 4.69) is 27.9 Å². The van der Waals surface area contributed by atoms with Gasteiger partial charge in [0.15, 0.2) is 5.69 Å². The number of aryl methyl sites for hydroxylation is 1. The van der Waals surface area contributed by atoms with Gasteiger partial charge in [-0.3, -0.25) is 9.48 Å². The van der Waals surface area contributed by atoms with Gasteiger partial charge < -0.3 is 10.6 Å². The fraction of sp³-hybridized carbons (Fsp3) is 0.565. The molecule has 4 rings (SSSR count). The normalized spacial score (nSPS) is 20.0. The smallest absolute Gasteiger partial charge is 0.272 e. The van der Waals surface area contributed by atoms with Crippen LogP contribution in [0.4, 0.5) is 0 Å². The molecule has 1 unspecified atom stereocenters. The number of amides is 1. The summed E-state index contributed by atoms with van der Waals surface area (Å²) in [6.07, 6.45) is 10.6. The number of hydrogen-bond donors (Lipinski definition) is 2. The van der Waals surface area contributed by atoms with E-state index in [1.54, 1.807) is 0 Å². The predicted octanol–water partition coefficient (Wildman–Crippen LogP) is 3.17. The second kappa shape index (κ2) is 8.91. The molecule has 2 aromatic rings. The van der Waals surface area contributed by atoms with E-state index in [9.17, 15) is 4.79 Å². The largest absolute Gasteiger partial charge is 0.350 e. The first-order valence-corrected chi connectivity index (χ1v) is 10.8. The minimum absolute atomic E-state index is 0.0360. The number of aromatic nitrogens is 2. The topological polar surface area (TPSA) is 59.0 Å². The molecule has 150 valence electrons. The van der Waals surface area contributed by atoms with Crippen molar-refractivity contribution < 1.29 is 4.79 Å². The van der Waals surface area contributed by atoms with Gasteiger partial charge >= 0.3 is 0 Å². The Morgan fingerprint density at radius 3 is 2.68 bits per heavy atom. The molecule has 1 fully saturated rings. The lowest BCUT2D eigenvalue weighted by Crippen LogP contribution is -2.43. The zero-order chi connectivity index (χ0) is 19.3. The average molecular weight is 381 g/mol. The summed E-state index contributed by atoms with van der Waals surface area (Å²) in [7, 11) is 1.97. The molecule has 2 aliphatic carbocycles. The number of rotatable bonds is 6. The Labute approximate surface area is 167 Å². The zero-order valence-electron chi connectivity index (χ0n) is 16.9. The molecule has 0 bridgehead atoms. The minimum Gasteiger partial charge on any atom is -0.350 e. The van der Waals surface area contributed by atoms with Gasteiger partial charge in [-0.1, -0.05) is 49.6 Å². The van der Waals surface area contributed by atoms with E-state index in [0.29, 0.717) is 24.3 Å². The molecule has 0 saturated heterocycles. The molecule has 2 aliphatic rings. The Kier molecular flexibility index (Phi) is 6.10. The summed E-state index contributed by atoms with van der Waals surface area (Å²) >= 11 is 0. The number of nitrogens with zero attached hydrogens (tertiary/aromatic N) is 2. The Bertz CT molecular complexity index is 792. The van der Waals surface area contributed by atoms with Crippen molar-refractivity contribution >= 4 is 5.91 Å². The van der Waals surface area contributed by atoms with E-state index >= 15 is 0 Å². The maximum atomic E-state index is 12.8. The first-order valence-electron chi connectivity index (χ1n) is 10.8. The molecule has 2 N–H and O–H groups in total. The monoisotopic (exact) mass is 380 g/mol. The van der Waals surface area contributed by atoms with Gasteiger partial charge in [0.1, 0.15) is 0 Å². The zero-order valence-corrected chi connectivity index (χ0v) is 16.9. The van der Waals surface area contributed by atoms with Gasteiger partial charge in [-0.15, -0.1) is 0 Å². The van der Waals surface area contributed by atoms with E-state index in [-0.39, 0.29) is 5.91 Å². The summed E-state index contributed by atoms with van der Waals surface area (Å²) in [4.78, 5) is 12.8. The molecule has 28 heavy (non-hydrogen) atoms. The third-order valence-electron chi connectivity index (χ3n) is 6.29. The van der Waals surface area contributed by atoms with Crippen molar-refractivity contribution in [3.8, 4) is 0 Å². The highest BCUT2D eigenvalue weighted by molar-refractivity contribution is 5.94. The highest BCUT2D eigenvalue weighted by atomic mass is 16.1. The van der Waals surface area contributed by atoms with E-state index in [1.165, 1.54) is 43.4 Å². The first-order chi connectivity index (χ1) is 13.7. The van der Waals surface area contributed by atoms with Gasteiger partial charge in [0.25, 0.3) is 5.91 Å². The van der Waals surface area contributed by atoms with Crippen LogP contribution in [0.2, 0.25) is 0 Å². The first kappa shape index (κ1) is 19.2. The van der Waals surface area contributed by atoms with Crippen LogP contribution in [0.15, 0.2) is 30.3 Å². The van der Waals surface area contributed by atoms with Gasteiger partial charge in [0, 0.05) is 36.9 Å². The number of hydrogen-bond acceptors (Lipinski definition) is 3. The summed E-state index contributed by atoms with van der Waals surface area (Å²) in [6, 6.07) is 11.4. The lowest BCUT2D eigenvalue weighted by atomic mass is 9.88. The van der Waals surface area contributed by atoms with Crippen molar-refractivity contribution in [2.24, 2.45) is 7.05 Å². The number of benzene rings is 1. The van der Waals surface area contributed by atoms with Crippen LogP contribution in [0.1, 0.15) is 65.8 Å². The summed E-state index contributed by atoms with van der Waals surface area (Å²) in [6.45, 7) is 0.637. The Hall–Kier alpha value is -2.14. The number of carbonyl (C=O) groups is 1. The van der Waals surface area contributed by atoms with Crippen molar-refractivity contribution in [1.82, 2.24) is 20.4 Å². The van der Waals surface area contributed by atoms with Crippen molar-refractivity contribution in [1.29, 1.82) is 0 Å². The molecule has 0 aliphatic heterocycles. The average Bonchev–Trinajstić information content (AvgIpc) is 3.06. The Morgan fingerprint density at radius 1 is 1.11 bits per heavy atom. The van der Waals surface area contributed by atoms with Crippen molar-refractivity contribution in [2.75, 3.05) is 6.54 Å². The van der Waals surface area contributed by atoms with E-state index < -0.39 is 0 Å². The third-order valence-corrected chi connectivity index (χ3v) is 6.29. The van der Waals surface area contributed by atoms with E-state index in [1.807, 2.05) is 29.9 Å². The van der Waals surface area contributed by atoms with E-state index in [0.717, 1.165) is 31.2 Å². The third kappa shape index (κ3) is 4.46. The van der Waals surface area contributed by atoms with Crippen LogP contribution < -0.4 is 10.6 Å². The SMILES string of the molecule is Cn1nc(C(=O)NCCc2ccccc2)c2c1CCC(NC1CCCCC1)C2. The Balaban J connectivity index is 1.38. The molecule has 5 heteroatoms. The molecular weight excluding hydrogens is 348 g/mol. The van der Waals surface area contributed by atoms with Gasteiger partial charge in [0.2, 0.25) is 0 Å². The molecule has 1 saturated carbocycles. The van der Waals surface area contributed by atoms with Crippen LogP contribution in [0, 0.1) is 0 Å². The van der Waals surface area contributed by atoms with Crippen molar-refractivity contribution in [2.45, 2.75) is 69.9 Å². The van der Waals surface area contributed by atoms with Gasteiger partial charge in [-0.2, -0.15) is 5.10 Å². The molecular formula is C23H32N4O.